The minimum Gasteiger partial charge on any atom is -0.396 e. The van der Waals surface area contributed by atoms with Crippen LogP contribution in [0.4, 0.5) is 11.4 Å². The van der Waals surface area contributed by atoms with Crippen molar-refractivity contribution < 1.29 is 14.8 Å². The zero-order valence-electron chi connectivity index (χ0n) is 13.8. The topological polar surface area (TPSA) is 83.7 Å². The number of hydrogen-bond donors (Lipinski definition) is 1. The maximum atomic E-state index is 12.5. The molecule has 1 saturated heterocycles. The van der Waals surface area contributed by atoms with E-state index >= 15 is 0 Å². The van der Waals surface area contributed by atoms with Crippen molar-refractivity contribution in [2.45, 2.75) is 12.8 Å². The van der Waals surface area contributed by atoms with Gasteiger partial charge in [-0.2, -0.15) is 0 Å². The van der Waals surface area contributed by atoms with Crippen LogP contribution in [-0.4, -0.2) is 35.5 Å². The summed E-state index contributed by atoms with van der Waals surface area (Å²) >= 11 is 0. The summed E-state index contributed by atoms with van der Waals surface area (Å²) in [5.74, 6) is -0.110. The highest BCUT2D eigenvalue weighted by Crippen LogP contribution is 2.33. The third kappa shape index (κ3) is 3.69. The van der Waals surface area contributed by atoms with E-state index in [1.54, 1.807) is 36.4 Å². The van der Waals surface area contributed by atoms with Crippen molar-refractivity contribution in [2.75, 3.05) is 24.6 Å². The van der Waals surface area contributed by atoms with Crippen molar-refractivity contribution in [2.24, 2.45) is 5.92 Å². The molecular formula is C19H20N2O4. The summed E-state index contributed by atoms with van der Waals surface area (Å²) in [6.07, 6.45) is 1.80. The van der Waals surface area contributed by atoms with E-state index in [9.17, 15) is 20.0 Å². The van der Waals surface area contributed by atoms with Gasteiger partial charge in [-0.25, -0.2) is 0 Å². The molecular weight excluding hydrogens is 320 g/mol. The fraction of sp³-hybridized carbons (Fsp3) is 0.316. The summed E-state index contributed by atoms with van der Waals surface area (Å²) in [7, 11) is 0. The Morgan fingerprint density at radius 1 is 1.20 bits per heavy atom. The monoisotopic (exact) mass is 340 g/mol. The highest BCUT2D eigenvalue weighted by atomic mass is 16.6. The van der Waals surface area contributed by atoms with E-state index in [2.05, 4.69) is 0 Å². The number of nitro benzene ring substituents is 1. The minimum absolute atomic E-state index is 0.0691. The van der Waals surface area contributed by atoms with Gasteiger partial charge in [0.1, 0.15) is 5.69 Å². The molecule has 1 heterocycles. The van der Waals surface area contributed by atoms with Crippen molar-refractivity contribution >= 4 is 17.2 Å². The molecule has 0 saturated carbocycles. The Balaban J connectivity index is 1.93. The average Bonchev–Trinajstić information content (AvgIpc) is 2.67. The number of carbonyl (C=O) groups is 1. The van der Waals surface area contributed by atoms with Gasteiger partial charge >= 0.3 is 0 Å². The van der Waals surface area contributed by atoms with Gasteiger partial charge in [-0.15, -0.1) is 0 Å². The molecule has 0 aliphatic carbocycles. The summed E-state index contributed by atoms with van der Waals surface area (Å²) in [5, 5.41) is 20.9. The third-order valence-corrected chi connectivity index (χ3v) is 4.59. The molecule has 0 amide bonds. The Labute approximate surface area is 145 Å². The Kier molecular flexibility index (Phi) is 5.09. The summed E-state index contributed by atoms with van der Waals surface area (Å²) in [5.41, 5.74) is 1.24. The number of hydrogen-bond acceptors (Lipinski definition) is 5. The molecule has 2 aromatic rings. The number of aliphatic hydroxyl groups is 1. The molecule has 1 aliphatic rings. The van der Waals surface area contributed by atoms with Crippen LogP contribution in [0.5, 0.6) is 0 Å². The molecule has 6 nitrogen and oxygen atoms in total. The van der Waals surface area contributed by atoms with Crippen LogP contribution in [0.3, 0.4) is 0 Å². The molecule has 1 atom stereocenters. The predicted molar refractivity (Wildman–Crippen MR) is 95.0 cm³/mol. The van der Waals surface area contributed by atoms with Gasteiger partial charge in [0.25, 0.3) is 5.69 Å². The van der Waals surface area contributed by atoms with E-state index in [-0.39, 0.29) is 24.0 Å². The van der Waals surface area contributed by atoms with Crippen LogP contribution in [0, 0.1) is 16.0 Å². The lowest BCUT2D eigenvalue weighted by Gasteiger charge is -2.33. The van der Waals surface area contributed by atoms with E-state index < -0.39 is 4.92 Å². The van der Waals surface area contributed by atoms with E-state index in [0.717, 1.165) is 12.8 Å². The lowest BCUT2D eigenvalue weighted by molar-refractivity contribution is -0.384. The van der Waals surface area contributed by atoms with Crippen molar-refractivity contribution in [1.82, 2.24) is 0 Å². The molecule has 1 N–H and O–H groups in total. The second-order valence-electron chi connectivity index (χ2n) is 6.29. The van der Waals surface area contributed by atoms with Crippen LogP contribution in [0.1, 0.15) is 28.8 Å². The number of ketones is 1. The first kappa shape index (κ1) is 17.1. The van der Waals surface area contributed by atoms with Gasteiger partial charge in [0.2, 0.25) is 0 Å². The van der Waals surface area contributed by atoms with Crippen LogP contribution >= 0.6 is 0 Å². The van der Waals surface area contributed by atoms with E-state index in [1.165, 1.54) is 6.07 Å². The molecule has 130 valence electrons. The van der Waals surface area contributed by atoms with Gasteiger partial charge in [-0.1, -0.05) is 30.3 Å². The zero-order chi connectivity index (χ0) is 17.8. The zero-order valence-corrected chi connectivity index (χ0v) is 13.8. The summed E-state index contributed by atoms with van der Waals surface area (Å²) in [6.45, 7) is 1.38. The molecule has 1 aliphatic heterocycles. The third-order valence-electron chi connectivity index (χ3n) is 4.59. The van der Waals surface area contributed by atoms with Gasteiger partial charge in [-0.3, -0.25) is 14.9 Å². The van der Waals surface area contributed by atoms with Gasteiger partial charge in [0.15, 0.2) is 5.78 Å². The summed E-state index contributed by atoms with van der Waals surface area (Å²) in [6, 6.07) is 13.4. The lowest BCUT2D eigenvalue weighted by atomic mass is 9.97. The molecule has 1 fully saturated rings. The van der Waals surface area contributed by atoms with Crippen LogP contribution in [0.2, 0.25) is 0 Å². The Bertz CT molecular complexity index is 776. The maximum Gasteiger partial charge on any atom is 0.293 e. The Morgan fingerprint density at radius 3 is 2.64 bits per heavy atom. The number of rotatable bonds is 5. The second kappa shape index (κ2) is 7.44. The van der Waals surface area contributed by atoms with Gasteiger partial charge in [0, 0.05) is 36.9 Å². The first-order chi connectivity index (χ1) is 12.1. The largest absolute Gasteiger partial charge is 0.396 e. The van der Waals surface area contributed by atoms with Crippen LogP contribution in [-0.2, 0) is 0 Å². The highest BCUT2D eigenvalue weighted by Gasteiger charge is 2.26. The Morgan fingerprint density at radius 2 is 1.96 bits per heavy atom. The van der Waals surface area contributed by atoms with Crippen molar-refractivity contribution in [3.8, 4) is 0 Å². The van der Waals surface area contributed by atoms with Crippen LogP contribution < -0.4 is 4.90 Å². The standard InChI is InChI=1S/C19H20N2O4/c22-13-14-5-4-10-20(12-14)17-9-8-16(11-18(17)21(24)25)19(23)15-6-2-1-3-7-15/h1-3,6-9,11,14,22H,4-5,10,12-13H2/t14-/m1/s1. The highest BCUT2D eigenvalue weighted by molar-refractivity contribution is 6.09. The Hall–Kier alpha value is -2.73. The molecule has 25 heavy (non-hydrogen) atoms. The molecule has 2 aromatic carbocycles. The second-order valence-corrected chi connectivity index (χ2v) is 6.29. The molecule has 0 aromatic heterocycles. The van der Waals surface area contributed by atoms with Crippen LogP contribution in [0.15, 0.2) is 48.5 Å². The minimum atomic E-state index is -0.445. The number of nitro groups is 1. The summed E-state index contributed by atoms with van der Waals surface area (Å²) in [4.78, 5) is 25.6. The molecule has 6 heteroatoms. The molecule has 0 bridgehead atoms. The first-order valence-corrected chi connectivity index (χ1v) is 8.34. The van der Waals surface area contributed by atoms with Crippen molar-refractivity contribution in [3.05, 3.63) is 69.8 Å². The number of benzene rings is 2. The summed E-state index contributed by atoms with van der Waals surface area (Å²) < 4.78 is 0. The van der Waals surface area contributed by atoms with Gasteiger partial charge in [-0.05, 0) is 30.9 Å². The van der Waals surface area contributed by atoms with Crippen molar-refractivity contribution in [3.63, 3.8) is 0 Å². The SMILES string of the molecule is O=C(c1ccccc1)c1ccc(N2CCC[C@@H](CO)C2)c([N+](=O)[O-])c1. The fourth-order valence-corrected chi connectivity index (χ4v) is 3.27. The number of carbonyl (C=O) groups excluding carboxylic acids is 1. The van der Waals surface area contributed by atoms with Gasteiger partial charge < -0.3 is 10.0 Å². The molecule has 0 radical (unpaired) electrons. The number of nitrogens with zero attached hydrogens (tertiary/aromatic N) is 2. The quantitative estimate of drug-likeness (QED) is 0.514. The van der Waals surface area contributed by atoms with E-state index in [1.807, 2.05) is 11.0 Å². The molecule has 3 rings (SSSR count). The number of aliphatic hydroxyl groups excluding tert-OH is 1. The average molecular weight is 340 g/mol. The fourth-order valence-electron chi connectivity index (χ4n) is 3.27. The molecule has 0 unspecified atom stereocenters. The number of anilines is 1. The smallest absolute Gasteiger partial charge is 0.293 e. The lowest BCUT2D eigenvalue weighted by Crippen LogP contribution is -2.37. The number of piperidine rings is 1. The normalized spacial score (nSPS) is 17.3. The van der Waals surface area contributed by atoms with Crippen LogP contribution in [0.25, 0.3) is 0 Å². The maximum absolute atomic E-state index is 12.5. The molecule has 0 spiro atoms. The predicted octanol–water partition coefficient (Wildman–Crippen LogP) is 3.03. The van der Waals surface area contributed by atoms with E-state index in [4.69, 9.17) is 0 Å². The van der Waals surface area contributed by atoms with Crippen molar-refractivity contribution in [1.29, 1.82) is 0 Å². The van der Waals surface area contributed by atoms with E-state index in [0.29, 0.717) is 29.9 Å². The van der Waals surface area contributed by atoms with Gasteiger partial charge in [0.05, 0.1) is 4.92 Å². The first-order valence-electron chi connectivity index (χ1n) is 8.34.